The van der Waals surface area contributed by atoms with Crippen LogP contribution in [0.1, 0.15) is 15.9 Å². The summed E-state index contributed by atoms with van der Waals surface area (Å²) in [5, 5.41) is 30.0. The van der Waals surface area contributed by atoms with Gasteiger partial charge in [0.2, 0.25) is 17.2 Å². The standard InChI is InChI=1S/C18H18O7/c1-23-17-14(21)12-13(20)10(7-9-3-5-11(19)6-4-9)8-25-16(12)15(22)18(17)24-2/h3-6,10,19,21-22H,7-8H2,1-2H3/t10-/m1/s1. The number of phenolic OH excluding ortho intramolecular Hbond substituents is 3. The van der Waals surface area contributed by atoms with E-state index in [2.05, 4.69) is 0 Å². The summed E-state index contributed by atoms with van der Waals surface area (Å²) in [4.78, 5) is 12.8. The van der Waals surface area contributed by atoms with Crippen LogP contribution in [-0.2, 0) is 6.42 Å². The highest BCUT2D eigenvalue weighted by molar-refractivity contribution is 6.06. The molecule has 0 amide bonds. The van der Waals surface area contributed by atoms with Crippen LogP contribution in [-0.4, -0.2) is 41.9 Å². The predicted octanol–water partition coefficient (Wildman–Crippen LogP) is 2.25. The van der Waals surface area contributed by atoms with E-state index in [1.165, 1.54) is 26.4 Å². The summed E-state index contributed by atoms with van der Waals surface area (Å²) in [6.45, 7) is 0.0508. The smallest absolute Gasteiger partial charge is 0.211 e. The van der Waals surface area contributed by atoms with Crippen LogP contribution in [0.15, 0.2) is 24.3 Å². The molecule has 0 aliphatic carbocycles. The Kier molecular flexibility index (Phi) is 4.31. The molecule has 1 atom stereocenters. The first-order valence-electron chi connectivity index (χ1n) is 7.62. The molecule has 3 N–H and O–H groups in total. The minimum Gasteiger partial charge on any atom is -0.508 e. The van der Waals surface area contributed by atoms with E-state index >= 15 is 0 Å². The van der Waals surface area contributed by atoms with Gasteiger partial charge >= 0.3 is 0 Å². The number of hydrogen-bond donors (Lipinski definition) is 3. The molecule has 0 fully saturated rings. The molecule has 0 saturated carbocycles. The molecule has 1 aliphatic heterocycles. The third-order valence-corrected chi connectivity index (χ3v) is 4.19. The van der Waals surface area contributed by atoms with Gasteiger partial charge in [0.05, 0.1) is 26.7 Å². The van der Waals surface area contributed by atoms with Gasteiger partial charge in [-0.25, -0.2) is 0 Å². The number of aromatic hydroxyl groups is 3. The van der Waals surface area contributed by atoms with Gasteiger partial charge in [-0.3, -0.25) is 4.79 Å². The molecule has 0 aromatic heterocycles. The van der Waals surface area contributed by atoms with Crippen molar-refractivity contribution in [2.75, 3.05) is 20.8 Å². The van der Waals surface area contributed by atoms with Crippen molar-refractivity contribution in [3.63, 3.8) is 0 Å². The number of benzene rings is 2. The number of carbonyl (C=O) groups is 1. The number of rotatable bonds is 4. The van der Waals surface area contributed by atoms with E-state index in [1.807, 2.05) is 0 Å². The van der Waals surface area contributed by atoms with Gasteiger partial charge in [-0.15, -0.1) is 0 Å². The van der Waals surface area contributed by atoms with Crippen LogP contribution in [0, 0.1) is 5.92 Å². The minimum atomic E-state index is -0.541. The molecule has 2 aromatic carbocycles. The fourth-order valence-corrected chi connectivity index (χ4v) is 2.94. The summed E-state index contributed by atoms with van der Waals surface area (Å²) in [5.74, 6) is -1.90. The lowest BCUT2D eigenvalue weighted by atomic mass is 9.88. The van der Waals surface area contributed by atoms with Gasteiger partial charge < -0.3 is 29.5 Å². The van der Waals surface area contributed by atoms with Crippen molar-refractivity contribution in [1.29, 1.82) is 0 Å². The molecule has 25 heavy (non-hydrogen) atoms. The van der Waals surface area contributed by atoms with Crippen LogP contribution in [0.5, 0.6) is 34.5 Å². The monoisotopic (exact) mass is 346 g/mol. The van der Waals surface area contributed by atoms with Crippen molar-refractivity contribution in [1.82, 2.24) is 0 Å². The molecule has 1 aliphatic rings. The molecule has 132 valence electrons. The van der Waals surface area contributed by atoms with E-state index < -0.39 is 11.7 Å². The van der Waals surface area contributed by atoms with Gasteiger partial charge in [-0.2, -0.15) is 0 Å². The van der Waals surface area contributed by atoms with Gasteiger partial charge in [0.1, 0.15) is 11.3 Å². The molecule has 2 aromatic rings. The van der Waals surface area contributed by atoms with E-state index in [1.54, 1.807) is 12.1 Å². The summed E-state index contributed by atoms with van der Waals surface area (Å²) in [6, 6.07) is 6.50. The quantitative estimate of drug-likeness (QED) is 0.729. The normalized spacial score (nSPS) is 16.1. The molecule has 0 saturated heterocycles. The Bertz CT molecular complexity index is 811. The van der Waals surface area contributed by atoms with Gasteiger partial charge in [0, 0.05) is 0 Å². The first-order valence-corrected chi connectivity index (χ1v) is 7.62. The average Bonchev–Trinajstić information content (AvgIpc) is 2.61. The van der Waals surface area contributed by atoms with Crippen molar-refractivity contribution in [3.8, 4) is 34.5 Å². The van der Waals surface area contributed by atoms with Crippen LogP contribution in [0.3, 0.4) is 0 Å². The summed E-state index contributed by atoms with van der Waals surface area (Å²) in [7, 11) is 2.60. The van der Waals surface area contributed by atoms with Crippen LogP contribution in [0.25, 0.3) is 0 Å². The second kappa shape index (κ2) is 6.43. The lowest BCUT2D eigenvalue weighted by molar-refractivity contribution is 0.0818. The number of hydrogen-bond acceptors (Lipinski definition) is 7. The van der Waals surface area contributed by atoms with E-state index in [-0.39, 0.29) is 46.7 Å². The molecule has 0 spiro atoms. The van der Waals surface area contributed by atoms with Crippen LogP contribution in [0.2, 0.25) is 0 Å². The number of methoxy groups -OCH3 is 2. The SMILES string of the molecule is COc1c(O)c2c(c(O)c1OC)C(=O)[C@H](Cc1ccc(O)cc1)CO2. The first kappa shape index (κ1) is 16.8. The molecular weight excluding hydrogens is 328 g/mol. The Hall–Kier alpha value is -3.09. The molecule has 0 bridgehead atoms. The van der Waals surface area contributed by atoms with E-state index in [4.69, 9.17) is 14.2 Å². The van der Waals surface area contributed by atoms with Crippen molar-refractivity contribution in [2.45, 2.75) is 6.42 Å². The Morgan fingerprint density at radius 2 is 1.64 bits per heavy atom. The molecule has 0 unspecified atom stereocenters. The molecule has 0 radical (unpaired) electrons. The number of ether oxygens (including phenoxy) is 3. The first-order chi connectivity index (χ1) is 12.0. The van der Waals surface area contributed by atoms with Crippen molar-refractivity contribution in [3.05, 3.63) is 35.4 Å². The number of Topliss-reactive ketones (excluding diaryl/α,β-unsaturated/α-hetero) is 1. The zero-order valence-corrected chi connectivity index (χ0v) is 13.8. The summed E-state index contributed by atoms with van der Waals surface area (Å²) in [6.07, 6.45) is 0.368. The highest BCUT2D eigenvalue weighted by atomic mass is 16.5. The molecule has 1 heterocycles. The van der Waals surface area contributed by atoms with Crippen molar-refractivity contribution >= 4 is 5.78 Å². The van der Waals surface area contributed by atoms with Crippen molar-refractivity contribution < 1.29 is 34.3 Å². The topological polar surface area (TPSA) is 105 Å². The maximum absolute atomic E-state index is 12.8. The number of fused-ring (bicyclic) bond motifs is 1. The summed E-state index contributed by atoms with van der Waals surface area (Å²) >= 11 is 0. The molecular formula is C18H18O7. The Labute approximate surface area is 144 Å². The minimum absolute atomic E-state index is 0.0508. The van der Waals surface area contributed by atoms with E-state index in [0.29, 0.717) is 6.42 Å². The van der Waals surface area contributed by atoms with Gasteiger partial charge in [-0.1, -0.05) is 12.1 Å². The van der Waals surface area contributed by atoms with Crippen molar-refractivity contribution in [2.24, 2.45) is 5.92 Å². The zero-order chi connectivity index (χ0) is 18.1. The maximum Gasteiger partial charge on any atom is 0.211 e. The number of carbonyl (C=O) groups excluding carboxylic acids is 1. The van der Waals surface area contributed by atoms with Gasteiger partial charge in [0.25, 0.3) is 0 Å². The lowest BCUT2D eigenvalue weighted by Gasteiger charge is -2.27. The molecule has 3 rings (SSSR count). The van der Waals surface area contributed by atoms with Crippen LogP contribution >= 0.6 is 0 Å². The van der Waals surface area contributed by atoms with E-state index in [9.17, 15) is 20.1 Å². The second-order valence-corrected chi connectivity index (χ2v) is 5.71. The fourth-order valence-electron chi connectivity index (χ4n) is 2.94. The highest BCUT2D eigenvalue weighted by Gasteiger charge is 2.37. The Morgan fingerprint density at radius 1 is 1.04 bits per heavy atom. The largest absolute Gasteiger partial charge is 0.508 e. The Balaban J connectivity index is 1.99. The number of phenols is 3. The summed E-state index contributed by atoms with van der Waals surface area (Å²) in [5.41, 5.74) is 0.720. The third-order valence-electron chi connectivity index (χ3n) is 4.19. The van der Waals surface area contributed by atoms with E-state index in [0.717, 1.165) is 5.56 Å². The predicted molar refractivity (Wildman–Crippen MR) is 88.0 cm³/mol. The average molecular weight is 346 g/mol. The van der Waals surface area contributed by atoms with Gasteiger partial charge in [0.15, 0.2) is 17.3 Å². The fraction of sp³-hybridized carbons (Fsp3) is 0.278. The lowest BCUT2D eigenvalue weighted by Crippen LogP contribution is -2.29. The Morgan fingerprint density at radius 3 is 2.24 bits per heavy atom. The molecule has 7 nitrogen and oxygen atoms in total. The highest BCUT2D eigenvalue weighted by Crippen LogP contribution is 2.54. The maximum atomic E-state index is 12.8. The zero-order valence-electron chi connectivity index (χ0n) is 13.8. The third kappa shape index (κ3) is 2.77. The molecule has 7 heteroatoms. The van der Waals surface area contributed by atoms with Crippen LogP contribution in [0.4, 0.5) is 0 Å². The number of ketones is 1. The summed E-state index contributed by atoms with van der Waals surface area (Å²) < 4.78 is 15.6. The second-order valence-electron chi connectivity index (χ2n) is 5.71. The van der Waals surface area contributed by atoms with Gasteiger partial charge in [-0.05, 0) is 24.1 Å². The van der Waals surface area contributed by atoms with Crippen LogP contribution < -0.4 is 14.2 Å².